The zero-order chi connectivity index (χ0) is 14.0. The van der Waals surface area contributed by atoms with E-state index < -0.39 is 17.8 Å². The van der Waals surface area contributed by atoms with Crippen molar-refractivity contribution in [1.82, 2.24) is 4.98 Å². The maximum atomic E-state index is 13.9. The average molecular weight is 264 g/mol. The Kier molecular flexibility index (Phi) is 3.62. The van der Waals surface area contributed by atoms with Crippen LogP contribution in [0.2, 0.25) is 0 Å². The Bertz CT molecular complexity index is 631. The van der Waals surface area contributed by atoms with Gasteiger partial charge in [-0.1, -0.05) is 0 Å². The fraction of sp³-hybridized carbons (Fsp3) is 0.231. The number of hydrogen-bond donors (Lipinski definition) is 1. The number of carbonyl (C=O) groups is 1. The van der Waals surface area contributed by atoms with Crippen LogP contribution in [0.15, 0.2) is 24.3 Å². The van der Waals surface area contributed by atoms with Gasteiger partial charge in [-0.05, 0) is 18.2 Å². The van der Waals surface area contributed by atoms with E-state index in [2.05, 4.69) is 9.72 Å². The molecule has 1 aromatic heterocycles. The van der Waals surface area contributed by atoms with E-state index in [1.54, 1.807) is 18.2 Å². The van der Waals surface area contributed by atoms with Gasteiger partial charge in [-0.3, -0.25) is 4.79 Å². The van der Waals surface area contributed by atoms with Gasteiger partial charge in [-0.15, -0.1) is 0 Å². The summed E-state index contributed by atoms with van der Waals surface area (Å²) in [6, 6.07) is 4.94. The second-order valence-electron chi connectivity index (χ2n) is 3.89. The maximum absolute atomic E-state index is 13.9. The van der Waals surface area contributed by atoms with Gasteiger partial charge >= 0.3 is 5.97 Å². The maximum Gasteiger partial charge on any atom is 0.327 e. The zero-order valence-corrected chi connectivity index (χ0v) is 10.5. The Hall–Kier alpha value is -2.21. The minimum absolute atomic E-state index is 0.00301. The van der Waals surface area contributed by atoms with Gasteiger partial charge in [-0.2, -0.15) is 0 Å². The van der Waals surface area contributed by atoms with Crippen LogP contribution < -0.4 is 10.5 Å². The SMILES string of the molecule is COC(=O)C(N)c1c(F)ccc2ccc(OC)nc12. The zero-order valence-electron chi connectivity index (χ0n) is 10.5. The van der Waals surface area contributed by atoms with Crippen molar-refractivity contribution in [3.8, 4) is 5.88 Å². The van der Waals surface area contributed by atoms with Crippen molar-refractivity contribution in [1.29, 1.82) is 0 Å². The molecule has 5 nitrogen and oxygen atoms in total. The van der Waals surface area contributed by atoms with Crippen molar-refractivity contribution in [2.45, 2.75) is 6.04 Å². The highest BCUT2D eigenvalue weighted by Crippen LogP contribution is 2.27. The number of pyridine rings is 1. The standard InChI is InChI=1S/C13H13FN2O3/c1-18-9-6-4-7-3-5-8(14)10(12(7)16-9)11(15)13(17)19-2/h3-6,11H,15H2,1-2H3. The van der Waals surface area contributed by atoms with Gasteiger partial charge in [0.2, 0.25) is 5.88 Å². The number of benzene rings is 1. The minimum Gasteiger partial charge on any atom is -0.481 e. The Morgan fingerprint density at radius 2 is 2.00 bits per heavy atom. The molecule has 2 aromatic rings. The van der Waals surface area contributed by atoms with Crippen molar-refractivity contribution >= 4 is 16.9 Å². The van der Waals surface area contributed by atoms with E-state index in [9.17, 15) is 9.18 Å². The number of fused-ring (bicyclic) bond motifs is 1. The highest BCUT2D eigenvalue weighted by Gasteiger charge is 2.23. The number of rotatable bonds is 3. The molecule has 1 heterocycles. The summed E-state index contributed by atoms with van der Waals surface area (Å²) in [4.78, 5) is 15.6. The van der Waals surface area contributed by atoms with E-state index in [0.717, 1.165) is 0 Å². The van der Waals surface area contributed by atoms with Crippen molar-refractivity contribution in [2.75, 3.05) is 14.2 Å². The topological polar surface area (TPSA) is 74.4 Å². The quantitative estimate of drug-likeness (QED) is 0.851. The highest BCUT2D eigenvalue weighted by atomic mass is 19.1. The second kappa shape index (κ2) is 5.19. The third kappa shape index (κ3) is 2.34. The smallest absolute Gasteiger partial charge is 0.327 e. The van der Waals surface area contributed by atoms with Crippen molar-refractivity contribution < 1.29 is 18.7 Å². The second-order valence-corrected chi connectivity index (χ2v) is 3.89. The van der Waals surface area contributed by atoms with Gasteiger partial charge in [-0.25, -0.2) is 9.37 Å². The van der Waals surface area contributed by atoms with E-state index in [1.165, 1.54) is 20.3 Å². The van der Waals surface area contributed by atoms with Crippen molar-refractivity contribution in [2.24, 2.45) is 5.73 Å². The molecule has 100 valence electrons. The molecule has 0 aliphatic rings. The molecular weight excluding hydrogens is 251 g/mol. The molecule has 0 fully saturated rings. The molecule has 0 aliphatic heterocycles. The molecule has 0 bridgehead atoms. The van der Waals surface area contributed by atoms with Crippen LogP contribution in [0.25, 0.3) is 10.9 Å². The number of aromatic nitrogens is 1. The Balaban J connectivity index is 2.69. The van der Waals surface area contributed by atoms with E-state index in [4.69, 9.17) is 10.5 Å². The number of carbonyl (C=O) groups excluding carboxylic acids is 1. The van der Waals surface area contributed by atoms with Crippen LogP contribution in [-0.4, -0.2) is 25.2 Å². The first-order valence-electron chi connectivity index (χ1n) is 5.55. The summed E-state index contributed by atoms with van der Waals surface area (Å²) in [6.07, 6.45) is 0. The van der Waals surface area contributed by atoms with Gasteiger partial charge in [0.05, 0.1) is 19.7 Å². The monoisotopic (exact) mass is 264 g/mol. The van der Waals surface area contributed by atoms with Crippen LogP contribution in [0.1, 0.15) is 11.6 Å². The molecule has 0 saturated heterocycles. The van der Waals surface area contributed by atoms with Crippen molar-refractivity contribution in [3.05, 3.63) is 35.6 Å². The predicted molar refractivity (Wildman–Crippen MR) is 67.2 cm³/mol. The molecule has 0 amide bonds. The lowest BCUT2D eigenvalue weighted by molar-refractivity contribution is -0.142. The summed E-state index contributed by atoms with van der Waals surface area (Å²) >= 11 is 0. The summed E-state index contributed by atoms with van der Waals surface area (Å²) in [5, 5.41) is 0.663. The molecule has 0 saturated carbocycles. The van der Waals surface area contributed by atoms with E-state index >= 15 is 0 Å². The summed E-state index contributed by atoms with van der Waals surface area (Å²) in [7, 11) is 2.65. The van der Waals surface area contributed by atoms with E-state index in [0.29, 0.717) is 11.3 Å². The Morgan fingerprint density at radius 3 is 2.63 bits per heavy atom. The van der Waals surface area contributed by atoms with Crippen LogP contribution in [0.4, 0.5) is 4.39 Å². The van der Waals surface area contributed by atoms with Crippen LogP contribution in [0.3, 0.4) is 0 Å². The van der Waals surface area contributed by atoms with Crippen LogP contribution in [-0.2, 0) is 9.53 Å². The number of esters is 1. The Labute approximate surface area is 109 Å². The van der Waals surface area contributed by atoms with Crippen LogP contribution in [0.5, 0.6) is 5.88 Å². The molecule has 1 unspecified atom stereocenters. The van der Waals surface area contributed by atoms with Gasteiger partial charge in [0.15, 0.2) is 0 Å². The van der Waals surface area contributed by atoms with Gasteiger partial charge < -0.3 is 15.2 Å². The molecule has 2 N–H and O–H groups in total. The third-order valence-electron chi connectivity index (χ3n) is 2.80. The summed E-state index contributed by atoms with van der Waals surface area (Å²) < 4.78 is 23.5. The van der Waals surface area contributed by atoms with E-state index in [-0.39, 0.29) is 11.1 Å². The van der Waals surface area contributed by atoms with Gasteiger partial charge in [0, 0.05) is 17.0 Å². The number of nitrogens with two attached hydrogens (primary N) is 1. The number of halogens is 1. The lowest BCUT2D eigenvalue weighted by Crippen LogP contribution is -2.24. The molecule has 19 heavy (non-hydrogen) atoms. The first kappa shape index (κ1) is 13.2. The molecule has 1 atom stereocenters. The van der Waals surface area contributed by atoms with Gasteiger partial charge in [0.1, 0.15) is 11.9 Å². The molecule has 1 aromatic carbocycles. The molecule has 2 rings (SSSR count). The summed E-state index contributed by atoms with van der Waals surface area (Å²) in [6.45, 7) is 0. The molecule has 0 radical (unpaired) electrons. The largest absolute Gasteiger partial charge is 0.481 e. The van der Waals surface area contributed by atoms with Crippen LogP contribution >= 0.6 is 0 Å². The lowest BCUT2D eigenvalue weighted by Gasteiger charge is -2.13. The van der Waals surface area contributed by atoms with Gasteiger partial charge in [0.25, 0.3) is 0 Å². The number of hydrogen-bond acceptors (Lipinski definition) is 5. The first-order chi connectivity index (χ1) is 9.08. The summed E-state index contributed by atoms with van der Waals surface area (Å²) in [5.74, 6) is -1.02. The Morgan fingerprint density at radius 1 is 1.32 bits per heavy atom. The average Bonchev–Trinajstić information content (AvgIpc) is 2.44. The predicted octanol–water partition coefficient (Wildman–Crippen LogP) is 1.56. The van der Waals surface area contributed by atoms with Crippen LogP contribution in [0, 0.1) is 5.82 Å². The number of ether oxygens (including phenoxy) is 2. The fourth-order valence-corrected chi connectivity index (χ4v) is 1.82. The molecule has 0 aliphatic carbocycles. The summed E-state index contributed by atoms with van der Waals surface area (Å²) in [5.41, 5.74) is 6.00. The fourth-order valence-electron chi connectivity index (χ4n) is 1.82. The minimum atomic E-state index is -1.23. The molecular formula is C13H13FN2O3. The normalized spacial score (nSPS) is 12.2. The van der Waals surface area contributed by atoms with Crippen molar-refractivity contribution in [3.63, 3.8) is 0 Å². The lowest BCUT2D eigenvalue weighted by atomic mass is 10.0. The number of methoxy groups -OCH3 is 2. The third-order valence-corrected chi connectivity index (χ3v) is 2.80. The molecule has 6 heteroatoms. The number of nitrogens with zero attached hydrogens (tertiary/aromatic N) is 1. The first-order valence-corrected chi connectivity index (χ1v) is 5.55. The van der Waals surface area contributed by atoms with E-state index in [1.807, 2.05) is 0 Å². The molecule has 0 spiro atoms. The highest BCUT2D eigenvalue weighted by molar-refractivity contribution is 5.88.